The van der Waals surface area contributed by atoms with Gasteiger partial charge < -0.3 is 4.74 Å². The third-order valence-corrected chi connectivity index (χ3v) is 2.55. The summed E-state index contributed by atoms with van der Waals surface area (Å²) in [4.78, 5) is 17.7. The molecule has 4 heteroatoms. The molecule has 0 aromatic carbocycles. The second-order valence-corrected chi connectivity index (χ2v) is 5.31. The summed E-state index contributed by atoms with van der Waals surface area (Å²) in [7, 11) is 0. The van der Waals surface area contributed by atoms with Crippen molar-refractivity contribution in [2.75, 3.05) is 6.54 Å². The molecule has 2 heterocycles. The number of ether oxygens (including phenoxy) is 1. The van der Waals surface area contributed by atoms with Crippen LogP contribution in [0.1, 0.15) is 42.9 Å². The molecule has 1 unspecified atom stereocenters. The molecule has 0 saturated carbocycles. The van der Waals surface area contributed by atoms with Crippen molar-refractivity contribution >= 4 is 6.09 Å². The molecule has 1 aliphatic rings. The van der Waals surface area contributed by atoms with Gasteiger partial charge in [0.15, 0.2) is 0 Å². The lowest BCUT2D eigenvalue weighted by atomic mass is 10.0. The van der Waals surface area contributed by atoms with E-state index >= 15 is 0 Å². The van der Waals surface area contributed by atoms with Crippen molar-refractivity contribution in [1.82, 2.24) is 9.88 Å². The van der Waals surface area contributed by atoms with Crippen molar-refractivity contribution in [2.24, 2.45) is 0 Å². The van der Waals surface area contributed by atoms with E-state index in [1.807, 2.05) is 0 Å². The Kier molecular flexibility index (Phi) is 2.86. The third kappa shape index (κ3) is 3.56. The van der Waals surface area contributed by atoms with Gasteiger partial charge in [-0.25, -0.2) is 4.79 Å². The molecule has 1 atom stereocenters. The van der Waals surface area contributed by atoms with Gasteiger partial charge in [0, 0.05) is 21.7 Å². The van der Waals surface area contributed by atoms with E-state index in [-0.39, 0.29) is 12.6 Å². The maximum Gasteiger partial charge on any atom is 0.411 e. The molecule has 0 bridgehead atoms. The number of rotatable bonds is 1. The molecule has 0 fully saturated rings. The van der Waals surface area contributed by atoms with E-state index in [2.05, 4.69) is 4.98 Å². The van der Waals surface area contributed by atoms with Gasteiger partial charge in [0.25, 0.3) is 0 Å². The molecular weight excluding hydrogens is 240 g/mol. The highest BCUT2D eigenvalue weighted by atomic mass is 16.6. The van der Waals surface area contributed by atoms with Gasteiger partial charge in [0.1, 0.15) is 5.60 Å². The summed E-state index contributed by atoms with van der Waals surface area (Å²) in [5.41, 5.74) is -0.134. The predicted octanol–water partition coefficient (Wildman–Crippen LogP) is 3.32. The summed E-state index contributed by atoms with van der Waals surface area (Å²) in [6.07, 6.45) is 1.89. The molecule has 2 rings (SSSR count). The zero-order chi connectivity index (χ0) is 16.5. The molecule has 0 radical (unpaired) electrons. The third-order valence-electron chi connectivity index (χ3n) is 2.55. The number of hydrogen-bond acceptors (Lipinski definition) is 3. The zero-order valence-corrected chi connectivity index (χ0v) is 11.4. The Labute approximate surface area is 118 Å². The highest BCUT2D eigenvalue weighted by Crippen LogP contribution is 2.28. The van der Waals surface area contributed by atoms with Crippen LogP contribution in [0.4, 0.5) is 4.79 Å². The molecule has 0 aliphatic carbocycles. The van der Waals surface area contributed by atoms with Crippen molar-refractivity contribution < 1.29 is 13.6 Å². The van der Waals surface area contributed by atoms with Crippen LogP contribution in [0.15, 0.2) is 36.7 Å². The van der Waals surface area contributed by atoms with Crippen LogP contribution in [-0.2, 0) is 4.74 Å². The second kappa shape index (κ2) is 5.43. The second-order valence-electron chi connectivity index (χ2n) is 5.31. The predicted molar refractivity (Wildman–Crippen MR) is 73.7 cm³/mol. The highest BCUT2D eigenvalue weighted by molar-refractivity contribution is 5.69. The molecule has 102 valence electrons. The largest absolute Gasteiger partial charge is 0.444 e. The molecule has 0 saturated heterocycles. The average molecular weight is 263 g/mol. The Morgan fingerprint density at radius 1 is 1.63 bits per heavy atom. The lowest BCUT2D eigenvalue weighted by molar-refractivity contribution is 0.0176. The smallest absolute Gasteiger partial charge is 0.411 e. The molecule has 1 aromatic rings. The Bertz CT molecular complexity index is 582. The van der Waals surface area contributed by atoms with Crippen LogP contribution in [0.25, 0.3) is 0 Å². The van der Waals surface area contributed by atoms with Crippen molar-refractivity contribution in [1.29, 1.82) is 0 Å². The summed E-state index contributed by atoms with van der Waals surface area (Å²) in [6.45, 7) is 5.41. The number of nitrogens with zero attached hydrogens (tertiary/aromatic N) is 2. The Morgan fingerprint density at radius 3 is 3.05 bits per heavy atom. The maximum atomic E-state index is 12.4. The fraction of sp³-hybridized carbons (Fsp3) is 0.467. The van der Waals surface area contributed by atoms with Crippen molar-refractivity contribution in [2.45, 2.75) is 38.8 Å². The quantitative estimate of drug-likeness (QED) is 0.730. The van der Waals surface area contributed by atoms with E-state index < -0.39 is 24.1 Å². The molecule has 1 aromatic heterocycles. The van der Waals surface area contributed by atoms with Gasteiger partial charge in [0.05, 0.1) is 7.41 Å². The van der Waals surface area contributed by atoms with Gasteiger partial charge in [-0.05, 0) is 38.8 Å². The average Bonchev–Trinajstić information content (AvgIpc) is 2.40. The first-order valence-corrected chi connectivity index (χ1v) is 6.20. The van der Waals surface area contributed by atoms with Crippen LogP contribution >= 0.6 is 0 Å². The number of pyridine rings is 1. The lowest BCUT2D eigenvalue weighted by Crippen LogP contribution is -2.40. The van der Waals surface area contributed by atoms with Crippen molar-refractivity contribution in [3.63, 3.8) is 0 Å². The van der Waals surface area contributed by atoms with Crippen LogP contribution in [-0.4, -0.2) is 28.1 Å². The minimum absolute atomic E-state index is 0.132. The number of carbonyl (C=O) groups is 1. The first-order valence-electron chi connectivity index (χ1n) is 7.70. The van der Waals surface area contributed by atoms with Gasteiger partial charge in [0.2, 0.25) is 0 Å². The van der Waals surface area contributed by atoms with Crippen molar-refractivity contribution in [3.05, 3.63) is 42.2 Å². The van der Waals surface area contributed by atoms with E-state index in [9.17, 15) is 4.79 Å². The summed E-state index contributed by atoms with van der Waals surface area (Å²) < 4.78 is 29.6. The SMILES string of the molecule is [2H]C1=CCN(C(=O)OC(C)(C)C)C(c2cccnc2)C1([2H])[2H]. The van der Waals surface area contributed by atoms with E-state index in [0.717, 1.165) is 0 Å². The zero-order valence-electron chi connectivity index (χ0n) is 14.4. The Hall–Kier alpha value is -1.84. The molecular formula is C15H20N2O2. The lowest BCUT2D eigenvalue weighted by Gasteiger charge is -2.34. The van der Waals surface area contributed by atoms with Gasteiger partial charge in [-0.1, -0.05) is 18.2 Å². The van der Waals surface area contributed by atoms with Gasteiger partial charge >= 0.3 is 6.09 Å². The first-order chi connectivity index (χ1) is 10.1. The Morgan fingerprint density at radius 2 is 2.42 bits per heavy atom. The van der Waals surface area contributed by atoms with E-state index in [4.69, 9.17) is 8.85 Å². The summed E-state index contributed by atoms with van der Waals surface area (Å²) in [6, 6.07) is 2.31. The van der Waals surface area contributed by atoms with E-state index in [1.165, 1.54) is 17.2 Å². The van der Waals surface area contributed by atoms with Crippen LogP contribution in [0.5, 0.6) is 0 Å². The molecule has 1 amide bonds. The highest BCUT2D eigenvalue weighted by Gasteiger charge is 2.29. The monoisotopic (exact) mass is 263 g/mol. The molecule has 0 spiro atoms. The van der Waals surface area contributed by atoms with Crippen LogP contribution < -0.4 is 0 Å². The van der Waals surface area contributed by atoms with Crippen LogP contribution in [0.2, 0.25) is 0 Å². The van der Waals surface area contributed by atoms with Gasteiger partial charge in [-0.15, -0.1) is 0 Å². The Balaban J connectivity index is 2.41. The van der Waals surface area contributed by atoms with Crippen molar-refractivity contribution in [3.8, 4) is 0 Å². The summed E-state index contributed by atoms with van der Waals surface area (Å²) in [5.74, 6) is 0. The van der Waals surface area contributed by atoms with Gasteiger partial charge in [-0.2, -0.15) is 0 Å². The van der Waals surface area contributed by atoms with E-state index in [1.54, 1.807) is 39.1 Å². The molecule has 4 nitrogen and oxygen atoms in total. The maximum absolute atomic E-state index is 12.4. The molecule has 1 aliphatic heterocycles. The topological polar surface area (TPSA) is 42.4 Å². The fourth-order valence-electron chi connectivity index (χ4n) is 1.77. The first kappa shape index (κ1) is 10.0. The fourth-order valence-corrected chi connectivity index (χ4v) is 1.77. The number of aromatic nitrogens is 1. The number of carbonyl (C=O) groups excluding carboxylic acids is 1. The van der Waals surface area contributed by atoms with E-state index in [0.29, 0.717) is 5.56 Å². The van der Waals surface area contributed by atoms with Crippen LogP contribution in [0, 0.1) is 0 Å². The van der Waals surface area contributed by atoms with Crippen LogP contribution in [0.3, 0.4) is 0 Å². The number of hydrogen-bond donors (Lipinski definition) is 0. The van der Waals surface area contributed by atoms with Gasteiger partial charge in [-0.3, -0.25) is 9.88 Å². The molecule has 0 N–H and O–H groups in total. The minimum atomic E-state index is -2.00. The normalized spacial score (nSPS) is 24.8. The standard InChI is InChI=1S/C15H20N2O2/c1-15(2,3)19-14(18)17-10-5-4-8-13(17)12-7-6-9-16-11-12/h4-7,9,11,13H,8,10H2,1-3H3/i4D,8D2. The number of amides is 1. The summed E-state index contributed by atoms with van der Waals surface area (Å²) >= 11 is 0. The summed E-state index contributed by atoms with van der Waals surface area (Å²) in [5, 5.41) is 0. The minimum Gasteiger partial charge on any atom is -0.444 e. The molecule has 19 heavy (non-hydrogen) atoms.